The maximum Gasteiger partial charge on any atom is 0.238 e. The largest absolute Gasteiger partial charge is 0.399 e. The zero-order valence-electron chi connectivity index (χ0n) is 11.9. The van der Waals surface area contributed by atoms with Crippen molar-refractivity contribution in [2.24, 2.45) is 11.1 Å². The molecule has 0 aromatic heterocycles. The summed E-state index contributed by atoms with van der Waals surface area (Å²) in [6, 6.07) is 3.05. The van der Waals surface area contributed by atoms with Crippen molar-refractivity contribution in [1.29, 1.82) is 0 Å². The van der Waals surface area contributed by atoms with E-state index in [-0.39, 0.29) is 11.5 Å². The van der Waals surface area contributed by atoms with Crippen LogP contribution in [0.2, 0.25) is 0 Å². The molecule has 0 amide bonds. The molecule has 0 saturated carbocycles. The third-order valence-corrected chi connectivity index (χ3v) is 4.42. The van der Waals surface area contributed by atoms with Crippen LogP contribution in [0.5, 0.6) is 0 Å². The van der Waals surface area contributed by atoms with Gasteiger partial charge >= 0.3 is 0 Å². The highest BCUT2D eigenvalue weighted by molar-refractivity contribution is 7.89. The molecule has 6 nitrogen and oxygen atoms in total. The molecule has 114 valence electrons. The van der Waals surface area contributed by atoms with Crippen LogP contribution < -0.4 is 16.2 Å². The van der Waals surface area contributed by atoms with E-state index in [0.29, 0.717) is 35.8 Å². The number of hydrogen-bond acceptors (Lipinski definition) is 5. The van der Waals surface area contributed by atoms with E-state index in [2.05, 4.69) is 5.32 Å². The molecule has 0 aliphatic heterocycles. The first-order valence-electron chi connectivity index (χ1n) is 6.57. The summed E-state index contributed by atoms with van der Waals surface area (Å²) < 4.78 is 23.0. The first kappa shape index (κ1) is 16.7. The van der Waals surface area contributed by atoms with Crippen LogP contribution in [0.25, 0.3) is 0 Å². The summed E-state index contributed by atoms with van der Waals surface area (Å²) in [6.07, 6.45) is 1.63. The zero-order valence-corrected chi connectivity index (χ0v) is 12.7. The lowest BCUT2D eigenvalue weighted by molar-refractivity contribution is 0.258. The molecule has 6 N–H and O–H groups in total. The molecule has 1 atom stereocenters. The Labute approximate surface area is 120 Å². The van der Waals surface area contributed by atoms with Crippen molar-refractivity contribution in [3.8, 4) is 0 Å². The van der Waals surface area contributed by atoms with Crippen LogP contribution in [0.15, 0.2) is 17.0 Å². The summed E-state index contributed by atoms with van der Waals surface area (Å²) >= 11 is 0. The lowest BCUT2D eigenvalue weighted by Crippen LogP contribution is -2.18. The van der Waals surface area contributed by atoms with Crippen LogP contribution in [0, 0.1) is 12.8 Å². The number of sulfonamides is 1. The third-order valence-electron chi connectivity index (χ3n) is 3.38. The number of nitrogen functional groups attached to an aromatic ring is 1. The third kappa shape index (κ3) is 4.36. The fraction of sp³-hybridized carbons (Fsp3) is 0.538. The van der Waals surface area contributed by atoms with Crippen molar-refractivity contribution in [3.63, 3.8) is 0 Å². The number of aliphatic hydroxyl groups is 1. The number of anilines is 2. The Balaban J connectivity index is 2.99. The van der Waals surface area contributed by atoms with Crippen LogP contribution in [0.4, 0.5) is 11.4 Å². The quantitative estimate of drug-likeness (QED) is 0.561. The molecule has 0 heterocycles. The van der Waals surface area contributed by atoms with Crippen LogP contribution >= 0.6 is 0 Å². The molecule has 0 bridgehead atoms. The Kier molecular flexibility index (Phi) is 5.79. The average molecular weight is 301 g/mol. The molecular weight excluding hydrogens is 278 g/mol. The highest BCUT2D eigenvalue weighted by Gasteiger charge is 2.16. The summed E-state index contributed by atoms with van der Waals surface area (Å²) in [6.45, 7) is 4.52. The van der Waals surface area contributed by atoms with Crippen LogP contribution in [0.3, 0.4) is 0 Å². The van der Waals surface area contributed by atoms with Crippen LogP contribution in [-0.4, -0.2) is 26.7 Å². The summed E-state index contributed by atoms with van der Waals surface area (Å²) in [5.74, 6) is 0.318. The minimum Gasteiger partial charge on any atom is -0.399 e. The number of nitrogens with two attached hydrogens (primary N) is 2. The first-order chi connectivity index (χ1) is 9.29. The van der Waals surface area contributed by atoms with E-state index >= 15 is 0 Å². The van der Waals surface area contributed by atoms with Gasteiger partial charge < -0.3 is 16.2 Å². The molecule has 1 rings (SSSR count). The molecular formula is C13H23N3O3S. The van der Waals surface area contributed by atoms with E-state index in [4.69, 9.17) is 16.0 Å². The Morgan fingerprint density at radius 3 is 2.55 bits per heavy atom. The maximum atomic E-state index is 11.5. The number of hydrogen-bond donors (Lipinski definition) is 4. The second-order valence-corrected chi connectivity index (χ2v) is 6.43. The summed E-state index contributed by atoms with van der Waals surface area (Å²) in [5, 5.41) is 17.3. The second kappa shape index (κ2) is 6.92. The van der Waals surface area contributed by atoms with Crippen LogP contribution in [0.1, 0.15) is 25.3 Å². The standard InChI is InChI=1S/C13H23N3O3S/c1-3-10(4-5-17)8-16-12-6-11(14)7-13(9(12)2)20(15,18)19/h6-7,10,16-17H,3-5,8,14H2,1-2H3,(H2,15,18,19). The smallest absolute Gasteiger partial charge is 0.238 e. The zero-order chi connectivity index (χ0) is 15.3. The van der Waals surface area contributed by atoms with Gasteiger partial charge in [0, 0.05) is 24.5 Å². The number of nitrogens with one attached hydrogen (secondary N) is 1. The van der Waals surface area contributed by atoms with Crippen molar-refractivity contribution in [3.05, 3.63) is 17.7 Å². The highest BCUT2D eigenvalue weighted by atomic mass is 32.2. The maximum absolute atomic E-state index is 11.5. The van der Waals surface area contributed by atoms with E-state index in [1.165, 1.54) is 6.07 Å². The Hall–Kier alpha value is -1.31. The predicted molar refractivity (Wildman–Crippen MR) is 80.9 cm³/mol. The lowest BCUT2D eigenvalue weighted by atomic mass is 10.0. The van der Waals surface area contributed by atoms with Gasteiger partial charge in [-0.2, -0.15) is 0 Å². The molecule has 0 spiro atoms. The van der Waals surface area contributed by atoms with Gasteiger partial charge in [-0.1, -0.05) is 13.3 Å². The molecule has 0 saturated heterocycles. The van der Waals surface area contributed by atoms with Gasteiger partial charge in [0.2, 0.25) is 10.0 Å². The first-order valence-corrected chi connectivity index (χ1v) is 8.11. The Morgan fingerprint density at radius 2 is 2.05 bits per heavy atom. The second-order valence-electron chi connectivity index (χ2n) is 4.90. The van der Waals surface area contributed by atoms with E-state index in [1.54, 1.807) is 13.0 Å². The van der Waals surface area contributed by atoms with E-state index in [9.17, 15) is 8.42 Å². The molecule has 1 aromatic carbocycles. The molecule has 0 aliphatic carbocycles. The van der Waals surface area contributed by atoms with E-state index < -0.39 is 10.0 Å². The fourth-order valence-corrected chi connectivity index (χ4v) is 2.91. The fourth-order valence-electron chi connectivity index (χ4n) is 2.08. The Bertz CT molecular complexity index is 558. The van der Waals surface area contributed by atoms with Crippen LogP contribution in [-0.2, 0) is 10.0 Å². The van der Waals surface area contributed by atoms with Gasteiger partial charge in [0.15, 0.2) is 0 Å². The average Bonchev–Trinajstić information content (AvgIpc) is 2.36. The topological polar surface area (TPSA) is 118 Å². The molecule has 1 aromatic rings. The van der Waals surface area contributed by atoms with Gasteiger partial charge in [0.05, 0.1) is 4.90 Å². The van der Waals surface area contributed by atoms with Gasteiger partial charge in [-0.3, -0.25) is 0 Å². The predicted octanol–water partition coefficient (Wildman–Crippen LogP) is 1.05. The van der Waals surface area contributed by atoms with E-state index in [0.717, 1.165) is 6.42 Å². The highest BCUT2D eigenvalue weighted by Crippen LogP contribution is 2.26. The van der Waals surface area contributed by atoms with E-state index in [1.807, 2.05) is 6.92 Å². The van der Waals surface area contributed by atoms with Gasteiger partial charge in [-0.15, -0.1) is 0 Å². The lowest BCUT2D eigenvalue weighted by Gasteiger charge is -2.18. The van der Waals surface area contributed by atoms with Crippen molar-refractivity contribution in [2.75, 3.05) is 24.2 Å². The van der Waals surface area contributed by atoms with Crippen molar-refractivity contribution in [2.45, 2.75) is 31.6 Å². The van der Waals surface area contributed by atoms with Gasteiger partial charge in [-0.05, 0) is 37.0 Å². The summed E-state index contributed by atoms with van der Waals surface area (Å²) in [5.41, 5.74) is 7.28. The van der Waals surface area contributed by atoms with Crippen molar-refractivity contribution >= 4 is 21.4 Å². The molecule has 7 heteroatoms. The number of aliphatic hydroxyl groups excluding tert-OH is 1. The van der Waals surface area contributed by atoms with Crippen molar-refractivity contribution < 1.29 is 13.5 Å². The monoisotopic (exact) mass is 301 g/mol. The van der Waals surface area contributed by atoms with Gasteiger partial charge in [-0.25, -0.2) is 13.6 Å². The number of benzene rings is 1. The van der Waals surface area contributed by atoms with Crippen molar-refractivity contribution in [1.82, 2.24) is 0 Å². The molecule has 0 fully saturated rings. The summed E-state index contributed by atoms with van der Waals surface area (Å²) in [4.78, 5) is 0.0372. The van der Waals surface area contributed by atoms with Gasteiger partial charge in [0.25, 0.3) is 0 Å². The minimum absolute atomic E-state index is 0.0372. The summed E-state index contributed by atoms with van der Waals surface area (Å²) in [7, 11) is -3.79. The SMILES string of the molecule is CCC(CCO)CNc1cc(N)cc(S(N)(=O)=O)c1C. The Morgan fingerprint density at radius 1 is 1.40 bits per heavy atom. The number of primary sulfonamides is 1. The number of rotatable bonds is 7. The molecule has 20 heavy (non-hydrogen) atoms. The van der Waals surface area contributed by atoms with Gasteiger partial charge in [0.1, 0.15) is 0 Å². The minimum atomic E-state index is -3.79. The molecule has 0 radical (unpaired) electrons. The molecule has 0 aliphatic rings. The normalized spacial score (nSPS) is 13.2. The molecule has 1 unspecified atom stereocenters.